The van der Waals surface area contributed by atoms with Gasteiger partial charge in [-0.3, -0.25) is 4.90 Å². The number of hydrogen-bond donors (Lipinski definition) is 0. The number of nitrogens with zero attached hydrogens (tertiary/aromatic N) is 1. The van der Waals surface area contributed by atoms with Crippen LogP contribution in [0.3, 0.4) is 0 Å². The van der Waals surface area contributed by atoms with Crippen LogP contribution in [0.25, 0.3) is 11.6 Å². The molecule has 0 amide bonds. The van der Waals surface area contributed by atoms with Crippen LogP contribution in [0.4, 0.5) is 0 Å². The molecule has 1 fully saturated rings. The summed E-state index contributed by atoms with van der Waals surface area (Å²) in [5.74, 6) is 3.46. The molecule has 0 saturated carbocycles. The van der Waals surface area contributed by atoms with E-state index in [1.165, 1.54) is 65.3 Å². The topological polar surface area (TPSA) is 12.5 Å². The molecule has 1 aliphatic carbocycles. The minimum Gasteiger partial charge on any atom is -0.492 e. The van der Waals surface area contributed by atoms with Crippen LogP contribution in [0.15, 0.2) is 42.5 Å². The number of rotatable bonds is 6. The molecule has 0 unspecified atom stereocenters. The van der Waals surface area contributed by atoms with Crippen molar-refractivity contribution >= 4 is 23.4 Å². The molecule has 2 aromatic rings. The Kier molecular flexibility index (Phi) is 7.07. The van der Waals surface area contributed by atoms with Crippen LogP contribution in [-0.4, -0.2) is 42.6 Å². The van der Waals surface area contributed by atoms with Crippen molar-refractivity contribution in [3.8, 4) is 5.75 Å². The van der Waals surface area contributed by atoms with E-state index in [0.717, 1.165) is 18.9 Å². The van der Waals surface area contributed by atoms with Crippen LogP contribution >= 0.6 is 11.8 Å². The summed E-state index contributed by atoms with van der Waals surface area (Å²) in [6.45, 7) is 16.0. The molecule has 3 heteroatoms. The molecule has 0 aromatic heterocycles. The minimum absolute atomic E-state index is 0.243. The van der Waals surface area contributed by atoms with Gasteiger partial charge in [-0.25, -0.2) is 0 Å². The molecular weight excluding hydrogens is 410 g/mol. The van der Waals surface area contributed by atoms with Gasteiger partial charge in [0.05, 0.1) is 0 Å². The van der Waals surface area contributed by atoms with Gasteiger partial charge < -0.3 is 4.74 Å². The second-order valence-corrected chi connectivity index (χ2v) is 12.0. The number of benzene rings is 2. The summed E-state index contributed by atoms with van der Waals surface area (Å²) in [7, 11) is 0. The van der Waals surface area contributed by atoms with Crippen molar-refractivity contribution < 1.29 is 4.74 Å². The Morgan fingerprint density at radius 2 is 1.59 bits per heavy atom. The summed E-state index contributed by atoms with van der Waals surface area (Å²) in [5, 5.41) is 0. The van der Waals surface area contributed by atoms with Gasteiger partial charge in [0.2, 0.25) is 0 Å². The van der Waals surface area contributed by atoms with Crippen molar-refractivity contribution in [2.45, 2.75) is 58.3 Å². The van der Waals surface area contributed by atoms with E-state index in [1.807, 2.05) is 0 Å². The highest BCUT2D eigenvalue weighted by molar-refractivity contribution is 7.99. The Balaban J connectivity index is 1.42. The third kappa shape index (κ3) is 5.43. The first-order valence-corrected chi connectivity index (χ1v) is 13.3. The molecule has 172 valence electrons. The lowest BCUT2D eigenvalue weighted by Gasteiger charge is -2.42. The van der Waals surface area contributed by atoms with Gasteiger partial charge in [0, 0.05) is 31.1 Å². The van der Waals surface area contributed by atoms with E-state index in [-0.39, 0.29) is 10.8 Å². The van der Waals surface area contributed by atoms with Crippen LogP contribution < -0.4 is 4.74 Å². The van der Waals surface area contributed by atoms with E-state index in [2.05, 4.69) is 99.8 Å². The fourth-order valence-electron chi connectivity index (χ4n) is 4.94. The van der Waals surface area contributed by atoms with Gasteiger partial charge in [0.1, 0.15) is 12.4 Å². The molecule has 2 aromatic carbocycles. The van der Waals surface area contributed by atoms with Gasteiger partial charge >= 0.3 is 0 Å². The summed E-state index contributed by atoms with van der Waals surface area (Å²) >= 11 is 2.05. The summed E-state index contributed by atoms with van der Waals surface area (Å²) in [6, 6.07) is 15.7. The molecule has 1 aliphatic heterocycles. The molecule has 32 heavy (non-hydrogen) atoms. The maximum Gasteiger partial charge on any atom is 0.119 e. The highest BCUT2D eigenvalue weighted by Crippen LogP contribution is 2.46. The SMILES string of the molecule is C/C(=C\c1ccc(OCCN2CCSCC2)cc1)c1ccc2c(c1)C(C)(C)CCC2(C)C. The molecule has 4 rings (SSSR count). The number of ether oxygens (including phenoxy) is 1. The Hall–Kier alpha value is -1.71. The molecule has 2 nitrogen and oxygen atoms in total. The molecule has 0 spiro atoms. The Bertz CT molecular complexity index is 952. The quantitative estimate of drug-likeness (QED) is 0.440. The van der Waals surface area contributed by atoms with Crippen molar-refractivity contribution in [3.63, 3.8) is 0 Å². The molecule has 2 aliphatic rings. The van der Waals surface area contributed by atoms with Gasteiger partial charge in [-0.05, 0) is 70.6 Å². The summed E-state index contributed by atoms with van der Waals surface area (Å²) in [6.07, 6.45) is 4.79. The first kappa shape index (κ1) is 23.4. The Morgan fingerprint density at radius 3 is 2.28 bits per heavy atom. The molecule has 0 atom stereocenters. The molecule has 0 N–H and O–H groups in total. The van der Waals surface area contributed by atoms with E-state index in [1.54, 1.807) is 0 Å². The average molecular weight is 450 g/mol. The van der Waals surface area contributed by atoms with E-state index in [0.29, 0.717) is 0 Å². The second-order valence-electron chi connectivity index (χ2n) is 10.7. The molecular formula is C29H39NOS. The number of hydrogen-bond acceptors (Lipinski definition) is 3. The Morgan fingerprint density at radius 1 is 0.938 bits per heavy atom. The first-order valence-electron chi connectivity index (χ1n) is 12.1. The predicted octanol–water partition coefficient (Wildman–Crippen LogP) is 7.02. The lowest BCUT2D eigenvalue weighted by Crippen LogP contribution is -2.35. The van der Waals surface area contributed by atoms with Gasteiger partial charge in [-0.2, -0.15) is 11.8 Å². The number of thioether (sulfide) groups is 1. The summed E-state index contributed by atoms with van der Waals surface area (Å²) < 4.78 is 5.99. The lowest BCUT2D eigenvalue weighted by molar-refractivity contribution is 0.222. The third-order valence-corrected chi connectivity index (χ3v) is 8.29. The van der Waals surface area contributed by atoms with E-state index >= 15 is 0 Å². The molecule has 1 saturated heterocycles. The zero-order chi connectivity index (χ0) is 22.8. The normalized spacial score (nSPS) is 20.6. The van der Waals surface area contributed by atoms with Gasteiger partial charge in [0.25, 0.3) is 0 Å². The van der Waals surface area contributed by atoms with E-state index in [4.69, 9.17) is 4.74 Å². The summed E-state index contributed by atoms with van der Waals surface area (Å²) in [4.78, 5) is 2.50. The van der Waals surface area contributed by atoms with Crippen molar-refractivity contribution in [2.24, 2.45) is 0 Å². The van der Waals surface area contributed by atoms with Crippen LogP contribution in [0.2, 0.25) is 0 Å². The maximum absolute atomic E-state index is 5.99. The molecule has 1 heterocycles. The third-order valence-electron chi connectivity index (χ3n) is 7.35. The van der Waals surface area contributed by atoms with Crippen LogP contribution in [0, 0.1) is 0 Å². The highest BCUT2D eigenvalue weighted by atomic mass is 32.2. The van der Waals surface area contributed by atoms with Crippen molar-refractivity contribution in [1.29, 1.82) is 0 Å². The second kappa shape index (κ2) is 9.65. The van der Waals surface area contributed by atoms with Gasteiger partial charge in [-0.15, -0.1) is 0 Å². The van der Waals surface area contributed by atoms with Crippen molar-refractivity contribution in [3.05, 3.63) is 64.7 Å². The predicted molar refractivity (Wildman–Crippen MR) is 141 cm³/mol. The van der Waals surface area contributed by atoms with Crippen molar-refractivity contribution in [1.82, 2.24) is 4.90 Å². The van der Waals surface area contributed by atoms with Crippen LogP contribution in [0.5, 0.6) is 5.75 Å². The maximum atomic E-state index is 5.99. The smallest absolute Gasteiger partial charge is 0.119 e. The van der Waals surface area contributed by atoms with E-state index < -0.39 is 0 Å². The van der Waals surface area contributed by atoms with Crippen LogP contribution in [0.1, 0.15) is 69.7 Å². The monoisotopic (exact) mass is 449 g/mol. The number of fused-ring (bicyclic) bond motifs is 1. The average Bonchev–Trinajstić information content (AvgIpc) is 2.79. The first-order chi connectivity index (χ1) is 15.2. The highest BCUT2D eigenvalue weighted by Gasteiger charge is 2.36. The molecule has 0 radical (unpaired) electrons. The van der Waals surface area contributed by atoms with Crippen LogP contribution in [-0.2, 0) is 10.8 Å². The van der Waals surface area contributed by atoms with Crippen molar-refractivity contribution in [2.75, 3.05) is 37.7 Å². The minimum atomic E-state index is 0.243. The fourth-order valence-corrected chi connectivity index (χ4v) is 5.92. The fraction of sp³-hybridized carbons (Fsp3) is 0.517. The Labute approximate surface area is 199 Å². The zero-order valence-corrected chi connectivity index (χ0v) is 21.4. The number of allylic oxidation sites excluding steroid dienone is 1. The largest absolute Gasteiger partial charge is 0.492 e. The van der Waals surface area contributed by atoms with E-state index in [9.17, 15) is 0 Å². The molecule has 0 bridgehead atoms. The summed E-state index contributed by atoms with van der Waals surface area (Å²) in [5.41, 5.74) is 7.42. The standard InChI is InChI=1S/C29H39NOS/c1-22(24-8-11-26-27(21-24)29(4,5)13-12-28(26,2)3)20-23-6-9-25(10-7-23)31-17-14-30-15-18-32-19-16-30/h6-11,20-21H,12-19H2,1-5H3/b22-20+. The zero-order valence-electron chi connectivity index (χ0n) is 20.5. The van der Waals surface area contributed by atoms with Gasteiger partial charge in [-0.1, -0.05) is 64.1 Å². The van der Waals surface area contributed by atoms with Gasteiger partial charge in [0.15, 0.2) is 0 Å². The lowest BCUT2D eigenvalue weighted by atomic mass is 9.63.